The summed E-state index contributed by atoms with van der Waals surface area (Å²) in [6, 6.07) is 14.3. The van der Waals surface area contributed by atoms with Gasteiger partial charge in [-0.1, -0.05) is 23.4 Å². The number of thioether (sulfide) groups is 1. The summed E-state index contributed by atoms with van der Waals surface area (Å²) < 4.78 is 7.18. The molecule has 0 unspecified atom stereocenters. The zero-order valence-corrected chi connectivity index (χ0v) is 22.3. The normalized spacial score (nSPS) is 13.5. The zero-order chi connectivity index (χ0) is 25.2. The number of likely N-dealkylation sites (N-methyl/N-ethyl adjacent to an activating group) is 1. The maximum absolute atomic E-state index is 13.9. The summed E-state index contributed by atoms with van der Waals surface area (Å²) in [5.41, 5.74) is 2.34. The second kappa shape index (κ2) is 10.6. The van der Waals surface area contributed by atoms with E-state index in [4.69, 9.17) is 21.3 Å². The monoisotopic (exact) mass is 540 g/mol. The molecular formula is C26H25ClN4O3S2. The van der Waals surface area contributed by atoms with E-state index in [0.29, 0.717) is 33.5 Å². The molecule has 0 fully saturated rings. The molecule has 3 heterocycles. The predicted octanol–water partition coefficient (Wildman–Crippen LogP) is 5.22. The van der Waals surface area contributed by atoms with Crippen molar-refractivity contribution >= 4 is 56.5 Å². The highest BCUT2D eigenvalue weighted by atomic mass is 35.5. The highest BCUT2D eigenvalue weighted by Gasteiger charge is 2.24. The lowest BCUT2D eigenvalue weighted by atomic mass is 10.1. The minimum Gasteiger partial charge on any atom is -0.494 e. The van der Waals surface area contributed by atoms with Gasteiger partial charge in [-0.2, -0.15) is 0 Å². The van der Waals surface area contributed by atoms with Gasteiger partial charge in [-0.3, -0.25) is 14.2 Å². The maximum atomic E-state index is 13.9. The van der Waals surface area contributed by atoms with Crippen LogP contribution in [0.2, 0.25) is 5.02 Å². The van der Waals surface area contributed by atoms with E-state index in [1.54, 1.807) is 40.2 Å². The van der Waals surface area contributed by atoms with Gasteiger partial charge in [0.05, 0.1) is 23.4 Å². The average molecular weight is 541 g/mol. The van der Waals surface area contributed by atoms with Crippen molar-refractivity contribution in [3.05, 3.63) is 74.3 Å². The number of rotatable bonds is 7. The average Bonchev–Trinajstić information content (AvgIpc) is 3.22. The van der Waals surface area contributed by atoms with E-state index < -0.39 is 0 Å². The van der Waals surface area contributed by atoms with E-state index in [1.165, 1.54) is 16.6 Å². The number of halogens is 1. The van der Waals surface area contributed by atoms with Crippen LogP contribution in [-0.2, 0) is 17.8 Å². The van der Waals surface area contributed by atoms with Gasteiger partial charge in [-0.25, -0.2) is 4.98 Å². The third-order valence-electron chi connectivity index (χ3n) is 5.90. The maximum Gasteiger partial charge on any atom is 0.267 e. The van der Waals surface area contributed by atoms with Crippen LogP contribution in [0.4, 0.5) is 5.69 Å². The Balaban J connectivity index is 1.51. The van der Waals surface area contributed by atoms with Gasteiger partial charge in [0.25, 0.3) is 5.56 Å². The quantitative estimate of drug-likeness (QED) is 0.256. The molecule has 0 saturated heterocycles. The van der Waals surface area contributed by atoms with Gasteiger partial charge < -0.3 is 15.0 Å². The first-order chi connectivity index (χ1) is 17.4. The van der Waals surface area contributed by atoms with Gasteiger partial charge >= 0.3 is 0 Å². The van der Waals surface area contributed by atoms with Crippen molar-refractivity contribution in [3.63, 3.8) is 0 Å². The van der Waals surface area contributed by atoms with E-state index in [9.17, 15) is 9.59 Å². The number of carbonyl (C=O) groups is 1. The number of nitrogens with zero attached hydrogens (tertiary/aromatic N) is 3. The molecule has 4 aromatic rings. The van der Waals surface area contributed by atoms with E-state index in [-0.39, 0.29) is 17.2 Å². The second-order valence-electron chi connectivity index (χ2n) is 8.48. The lowest BCUT2D eigenvalue weighted by molar-refractivity contribution is -0.113. The number of hydrogen-bond acceptors (Lipinski definition) is 7. The van der Waals surface area contributed by atoms with Crippen molar-refractivity contribution in [3.8, 4) is 11.4 Å². The second-order valence-corrected chi connectivity index (χ2v) is 10.9. The Morgan fingerprint density at radius 2 is 1.94 bits per heavy atom. The minimum atomic E-state index is -0.193. The molecule has 36 heavy (non-hydrogen) atoms. The van der Waals surface area contributed by atoms with E-state index in [0.717, 1.165) is 35.7 Å². The Morgan fingerprint density at radius 3 is 2.67 bits per heavy atom. The molecule has 1 amide bonds. The Labute approximate surface area is 222 Å². The summed E-state index contributed by atoms with van der Waals surface area (Å²) in [6.07, 6.45) is 0.821. The number of fused-ring (bicyclic) bond motifs is 3. The van der Waals surface area contributed by atoms with E-state index in [2.05, 4.69) is 17.3 Å². The van der Waals surface area contributed by atoms with Gasteiger partial charge in [0.2, 0.25) is 5.91 Å². The van der Waals surface area contributed by atoms with E-state index >= 15 is 0 Å². The molecule has 186 valence electrons. The first kappa shape index (κ1) is 24.8. The van der Waals surface area contributed by atoms with Crippen molar-refractivity contribution in [2.24, 2.45) is 0 Å². The lowest BCUT2D eigenvalue weighted by Gasteiger charge is -2.21. The van der Waals surface area contributed by atoms with Crippen molar-refractivity contribution in [2.45, 2.75) is 25.0 Å². The van der Waals surface area contributed by atoms with Crippen molar-refractivity contribution in [2.75, 3.05) is 31.3 Å². The molecule has 1 aliphatic heterocycles. The molecule has 0 radical (unpaired) electrons. The number of aromatic nitrogens is 2. The molecule has 2 aromatic heterocycles. The molecule has 0 bridgehead atoms. The number of anilines is 1. The Kier molecular flexibility index (Phi) is 7.34. The molecule has 5 rings (SSSR count). The summed E-state index contributed by atoms with van der Waals surface area (Å²) in [5.74, 6) is 0.642. The first-order valence-corrected chi connectivity index (χ1v) is 13.8. The molecule has 7 nitrogen and oxygen atoms in total. The van der Waals surface area contributed by atoms with Crippen molar-refractivity contribution in [1.29, 1.82) is 0 Å². The Hall–Kier alpha value is -2.85. The van der Waals surface area contributed by atoms with Gasteiger partial charge in [0.1, 0.15) is 10.6 Å². The van der Waals surface area contributed by atoms with Gasteiger partial charge in [0.15, 0.2) is 5.16 Å². The van der Waals surface area contributed by atoms with E-state index in [1.807, 2.05) is 31.2 Å². The number of hydrogen-bond donors (Lipinski definition) is 1. The number of carbonyl (C=O) groups excluding carboxylic acids is 1. The van der Waals surface area contributed by atoms with Gasteiger partial charge in [-0.05, 0) is 74.5 Å². The summed E-state index contributed by atoms with van der Waals surface area (Å²) in [4.78, 5) is 35.6. The van der Waals surface area contributed by atoms with Crippen molar-refractivity contribution < 1.29 is 9.53 Å². The van der Waals surface area contributed by atoms with Crippen LogP contribution in [0, 0.1) is 0 Å². The van der Waals surface area contributed by atoms with Crippen LogP contribution < -0.4 is 15.6 Å². The SMILES string of the molecule is CCOc1ccc(-n2c(SCC(=O)Nc3ccc(Cl)cc3)nc3sc4c(c3c2=O)CCN(C)C4)cc1. The molecule has 0 aliphatic carbocycles. The first-order valence-electron chi connectivity index (χ1n) is 11.6. The molecular weight excluding hydrogens is 516 g/mol. The lowest BCUT2D eigenvalue weighted by Crippen LogP contribution is -2.27. The molecule has 1 aliphatic rings. The van der Waals surface area contributed by atoms with Gasteiger partial charge in [-0.15, -0.1) is 11.3 Å². The van der Waals surface area contributed by atoms with Crippen molar-refractivity contribution in [1.82, 2.24) is 14.5 Å². The highest BCUT2D eigenvalue weighted by molar-refractivity contribution is 7.99. The smallest absolute Gasteiger partial charge is 0.267 e. The van der Waals surface area contributed by atoms with Crippen LogP contribution in [0.5, 0.6) is 5.75 Å². The van der Waals surface area contributed by atoms with Crippen LogP contribution in [-0.4, -0.2) is 46.3 Å². The fraction of sp³-hybridized carbons (Fsp3) is 0.269. The fourth-order valence-corrected chi connectivity index (χ4v) is 6.47. The van der Waals surface area contributed by atoms with Crippen LogP contribution in [0.3, 0.4) is 0 Å². The summed E-state index contributed by atoms with van der Waals surface area (Å²) in [5, 5.41) is 4.63. The Bertz CT molecular complexity index is 1470. The Morgan fingerprint density at radius 1 is 1.19 bits per heavy atom. The molecule has 10 heteroatoms. The molecule has 0 saturated carbocycles. The van der Waals surface area contributed by atoms with Crippen LogP contribution in [0.1, 0.15) is 17.4 Å². The molecule has 1 N–H and O–H groups in total. The highest BCUT2D eigenvalue weighted by Crippen LogP contribution is 2.34. The third kappa shape index (κ3) is 5.15. The number of nitrogens with one attached hydrogen (secondary N) is 1. The summed E-state index contributed by atoms with van der Waals surface area (Å²) in [7, 11) is 2.08. The minimum absolute atomic E-state index is 0.103. The fourth-order valence-electron chi connectivity index (χ4n) is 4.19. The number of benzene rings is 2. The number of ether oxygens (including phenoxy) is 1. The number of thiophene rings is 1. The van der Waals surface area contributed by atoms with Crippen LogP contribution >= 0.6 is 34.7 Å². The van der Waals surface area contributed by atoms with Crippen LogP contribution in [0.15, 0.2) is 58.5 Å². The molecule has 0 atom stereocenters. The van der Waals surface area contributed by atoms with Gasteiger partial charge in [0, 0.05) is 28.7 Å². The summed E-state index contributed by atoms with van der Waals surface area (Å²) in [6.45, 7) is 4.21. The molecule has 0 spiro atoms. The standard InChI is InChI=1S/C26H25ClN4O3S2/c1-3-34-19-10-8-18(9-11-19)31-25(33)23-20-12-13-30(2)14-21(20)36-24(23)29-26(31)35-15-22(32)28-17-6-4-16(27)5-7-17/h4-11H,3,12-15H2,1-2H3,(H,28,32). The number of amides is 1. The predicted molar refractivity (Wildman–Crippen MR) is 147 cm³/mol. The van der Waals surface area contributed by atoms with Crippen LogP contribution in [0.25, 0.3) is 15.9 Å². The molecule has 2 aromatic carbocycles. The largest absolute Gasteiger partial charge is 0.494 e. The topological polar surface area (TPSA) is 76.5 Å². The zero-order valence-electron chi connectivity index (χ0n) is 19.9. The third-order valence-corrected chi connectivity index (χ3v) is 8.20. The summed E-state index contributed by atoms with van der Waals surface area (Å²) >= 11 is 8.75.